The number of nitrogens with zero attached hydrogens (tertiary/aromatic N) is 3. The summed E-state index contributed by atoms with van der Waals surface area (Å²) in [6, 6.07) is 15.7. The number of ketones is 1. The van der Waals surface area contributed by atoms with E-state index >= 15 is 0 Å². The lowest BCUT2D eigenvalue weighted by Gasteiger charge is -2.36. The zero-order valence-electron chi connectivity index (χ0n) is 16.5. The number of anilines is 1. The van der Waals surface area contributed by atoms with E-state index in [0.29, 0.717) is 31.6 Å². The molecule has 0 aliphatic carbocycles. The number of para-hydroxylation sites is 1. The molecule has 29 heavy (non-hydrogen) atoms. The zero-order valence-corrected chi connectivity index (χ0v) is 17.2. The number of Topliss-reactive ketones (excluding diaryl/α,β-unsaturated/α-hetero) is 1. The van der Waals surface area contributed by atoms with Crippen LogP contribution in [0.25, 0.3) is 10.9 Å². The number of hydrogen-bond donors (Lipinski definition) is 0. The average Bonchev–Trinajstić information content (AvgIpc) is 3.11. The minimum absolute atomic E-state index is 0.0448. The van der Waals surface area contributed by atoms with E-state index in [1.54, 1.807) is 6.92 Å². The van der Waals surface area contributed by atoms with Crippen molar-refractivity contribution in [2.45, 2.75) is 19.9 Å². The molecule has 1 saturated heterocycles. The first-order valence-corrected chi connectivity index (χ1v) is 10.3. The van der Waals surface area contributed by atoms with Crippen LogP contribution in [0.1, 0.15) is 23.7 Å². The van der Waals surface area contributed by atoms with Crippen molar-refractivity contribution in [2.75, 3.05) is 31.1 Å². The first-order valence-electron chi connectivity index (χ1n) is 9.90. The summed E-state index contributed by atoms with van der Waals surface area (Å²) >= 11 is 6.09. The summed E-state index contributed by atoms with van der Waals surface area (Å²) in [4.78, 5) is 28.9. The number of amides is 1. The van der Waals surface area contributed by atoms with Crippen LogP contribution in [0.3, 0.4) is 0 Å². The van der Waals surface area contributed by atoms with Crippen LogP contribution in [0.4, 0.5) is 5.69 Å². The smallest absolute Gasteiger partial charge is 0.224 e. The van der Waals surface area contributed by atoms with Gasteiger partial charge in [-0.2, -0.15) is 0 Å². The maximum absolute atomic E-state index is 12.8. The number of fused-ring (bicyclic) bond motifs is 1. The predicted octanol–water partition coefficient (Wildman–Crippen LogP) is 4.24. The molecule has 1 aromatic heterocycles. The largest absolute Gasteiger partial charge is 0.368 e. The Kier molecular flexibility index (Phi) is 5.58. The van der Waals surface area contributed by atoms with Crippen LogP contribution in [0.15, 0.2) is 54.7 Å². The highest BCUT2D eigenvalue weighted by atomic mass is 35.5. The van der Waals surface area contributed by atoms with E-state index in [2.05, 4.69) is 4.90 Å². The lowest BCUT2D eigenvalue weighted by Crippen LogP contribution is -2.48. The molecule has 1 fully saturated rings. The lowest BCUT2D eigenvalue weighted by molar-refractivity contribution is -0.131. The molecule has 4 rings (SSSR count). The van der Waals surface area contributed by atoms with Gasteiger partial charge in [0.25, 0.3) is 0 Å². The maximum atomic E-state index is 12.8. The number of benzene rings is 2. The van der Waals surface area contributed by atoms with Crippen LogP contribution in [-0.4, -0.2) is 47.3 Å². The molecule has 0 bridgehead atoms. The fourth-order valence-electron chi connectivity index (χ4n) is 3.97. The number of aromatic nitrogens is 1. The molecule has 0 saturated carbocycles. The number of halogens is 1. The third-order valence-electron chi connectivity index (χ3n) is 5.54. The molecule has 6 heteroatoms. The van der Waals surface area contributed by atoms with Gasteiger partial charge >= 0.3 is 0 Å². The minimum Gasteiger partial charge on any atom is -0.368 e. The predicted molar refractivity (Wildman–Crippen MR) is 117 cm³/mol. The summed E-state index contributed by atoms with van der Waals surface area (Å²) < 4.78 is 2.02. The number of aryl methyl sites for hydroxylation is 1. The van der Waals surface area contributed by atoms with E-state index in [1.165, 1.54) is 0 Å². The Hall–Kier alpha value is -2.79. The minimum atomic E-state index is 0.0448. The molecule has 0 spiro atoms. The van der Waals surface area contributed by atoms with Crippen molar-refractivity contribution in [3.63, 3.8) is 0 Å². The van der Waals surface area contributed by atoms with Crippen molar-refractivity contribution in [3.05, 3.63) is 65.3 Å². The van der Waals surface area contributed by atoms with Gasteiger partial charge in [-0.1, -0.05) is 35.9 Å². The van der Waals surface area contributed by atoms with Crippen molar-refractivity contribution in [1.29, 1.82) is 0 Å². The van der Waals surface area contributed by atoms with Gasteiger partial charge in [0.2, 0.25) is 5.91 Å². The van der Waals surface area contributed by atoms with E-state index in [-0.39, 0.29) is 11.7 Å². The van der Waals surface area contributed by atoms with Gasteiger partial charge in [-0.25, -0.2) is 0 Å². The molecule has 150 valence electrons. The monoisotopic (exact) mass is 409 g/mol. The molecule has 2 aromatic carbocycles. The highest BCUT2D eigenvalue weighted by molar-refractivity contribution is 6.30. The summed E-state index contributed by atoms with van der Waals surface area (Å²) in [7, 11) is 0. The molecule has 1 aliphatic rings. The van der Waals surface area contributed by atoms with Gasteiger partial charge in [-0.3, -0.25) is 9.59 Å². The van der Waals surface area contributed by atoms with Crippen LogP contribution in [0.5, 0.6) is 0 Å². The van der Waals surface area contributed by atoms with Crippen molar-refractivity contribution in [2.24, 2.45) is 0 Å². The lowest BCUT2D eigenvalue weighted by atomic mass is 10.1. The molecule has 3 aromatic rings. The van der Waals surface area contributed by atoms with Gasteiger partial charge in [0.15, 0.2) is 5.78 Å². The molecule has 0 radical (unpaired) electrons. The van der Waals surface area contributed by atoms with Gasteiger partial charge in [-0.05, 0) is 31.2 Å². The molecule has 0 atom stereocenters. The Morgan fingerprint density at radius 2 is 1.76 bits per heavy atom. The first kappa shape index (κ1) is 19.5. The summed E-state index contributed by atoms with van der Waals surface area (Å²) in [6.07, 6.45) is 2.30. The molecule has 0 unspecified atom stereocenters. The SMILES string of the molecule is CC(=O)c1cn(CCC(=O)N2CCN(c3cccc(Cl)c3)CC2)c2ccccc12. The Morgan fingerprint density at radius 3 is 2.48 bits per heavy atom. The number of hydrogen-bond acceptors (Lipinski definition) is 3. The molecule has 0 N–H and O–H groups in total. The number of rotatable bonds is 5. The fraction of sp³-hybridized carbons (Fsp3) is 0.304. The number of piperazine rings is 1. The van der Waals surface area contributed by atoms with Crippen molar-refractivity contribution < 1.29 is 9.59 Å². The van der Waals surface area contributed by atoms with Crippen LogP contribution in [0, 0.1) is 0 Å². The standard InChI is InChI=1S/C23H24ClN3O2/c1-17(28)21-16-27(22-8-3-2-7-20(21)22)10-9-23(29)26-13-11-25(12-14-26)19-6-4-5-18(24)15-19/h2-8,15-16H,9-14H2,1H3. The van der Waals surface area contributed by atoms with Crippen LogP contribution < -0.4 is 4.90 Å². The first-order chi connectivity index (χ1) is 14.0. The highest BCUT2D eigenvalue weighted by Crippen LogP contribution is 2.23. The van der Waals surface area contributed by atoms with Gasteiger partial charge in [0, 0.05) is 72.5 Å². The van der Waals surface area contributed by atoms with Crippen molar-refractivity contribution >= 4 is 39.9 Å². The second-order valence-electron chi connectivity index (χ2n) is 7.41. The van der Waals surface area contributed by atoms with E-state index in [4.69, 9.17) is 11.6 Å². The molecule has 2 heterocycles. The van der Waals surface area contributed by atoms with E-state index in [0.717, 1.165) is 34.7 Å². The van der Waals surface area contributed by atoms with Crippen LogP contribution >= 0.6 is 11.6 Å². The zero-order chi connectivity index (χ0) is 20.4. The van der Waals surface area contributed by atoms with Crippen molar-refractivity contribution in [3.8, 4) is 0 Å². The summed E-state index contributed by atoms with van der Waals surface area (Å²) in [5, 5.41) is 1.67. The van der Waals surface area contributed by atoms with Crippen molar-refractivity contribution in [1.82, 2.24) is 9.47 Å². The Balaban J connectivity index is 1.38. The maximum Gasteiger partial charge on any atom is 0.224 e. The second-order valence-corrected chi connectivity index (χ2v) is 7.84. The molecule has 1 amide bonds. The number of carbonyl (C=O) groups excluding carboxylic acids is 2. The van der Waals surface area contributed by atoms with Gasteiger partial charge in [-0.15, -0.1) is 0 Å². The number of carbonyl (C=O) groups is 2. The van der Waals surface area contributed by atoms with Crippen LogP contribution in [0.2, 0.25) is 5.02 Å². The van der Waals surface area contributed by atoms with E-state index < -0.39 is 0 Å². The van der Waals surface area contributed by atoms with Gasteiger partial charge < -0.3 is 14.4 Å². The van der Waals surface area contributed by atoms with Gasteiger partial charge in [0.1, 0.15) is 0 Å². The summed E-state index contributed by atoms with van der Waals surface area (Å²) in [5.41, 5.74) is 2.81. The fourth-order valence-corrected chi connectivity index (χ4v) is 4.16. The topological polar surface area (TPSA) is 45.6 Å². The van der Waals surface area contributed by atoms with E-state index in [9.17, 15) is 9.59 Å². The molecular weight excluding hydrogens is 386 g/mol. The van der Waals surface area contributed by atoms with E-state index in [1.807, 2.05) is 64.2 Å². The second kappa shape index (κ2) is 8.29. The highest BCUT2D eigenvalue weighted by Gasteiger charge is 2.21. The normalized spacial score (nSPS) is 14.4. The molecule has 1 aliphatic heterocycles. The Morgan fingerprint density at radius 1 is 1.00 bits per heavy atom. The Bertz CT molecular complexity index is 1050. The Labute approximate surface area is 175 Å². The van der Waals surface area contributed by atoms with Gasteiger partial charge in [0.05, 0.1) is 0 Å². The van der Waals surface area contributed by atoms with Crippen LogP contribution in [-0.2, 0) is 11.3 Å². The average molecular weight is 410 g/mol. The third kappa shape index (κ3) is 4.15. The quantitative estimate of drug-likeness (QED) is 0.592. The summed E-state index contributed by atoms with van der Waals surface area (Å²) in [6.45, 7) is 5.16. The molecule has 5 nitrogen and oxygen atoms in total. The summed E-state index contributed by atoms with van der Waals surface area (Å²) in [5.74, 6) is 0.196. The molecular formula is C23H24ClN3O2. The third-order valence-corrected chi connectivity index (χ3v) is 5.78.